The number of halogens is 2. The first-order valence-corrected chi connectivity index (χ1v) is 7.77. The molecule has 1 amide bonds. The molecule has 0 radical (unpaired) electrons. The molecule has 0 aliphatic rings. The van der Waals surface area contributed by atoms with Gasteiger partial charge in [0.05, 0.1) is 17.4 Å². The maximum absolute atomic E-state index is 12.0. The smallest absolute Gasteiger partial charge is 0.248 e. The van der Waals surface area contributed by atoms with Gasteiger partial charge in [-0.15, -0.1) is 0 Å². The number of carbonyl (C=O) groups is 1. The van der Waals surface area contributed by atoms with Gasteiger partial charge in [-0.2, -0.15) is 8.75 Å². The number of anilines is 1. The van der Waals surface area contributed by atoms with E-state index in [-0.39, 0.29) is 5.91 Å². The van der Waals surface area contributed by atoms with Gasteiger partial charge in [-0.25, -0.2) is 0 Å². The number of fused-ring (bicyclic) bond motifs is 1. The third kappa shape index (κ3) is 3.27. The van der Waals surface area contributed by atoms with Crippen molar-refractivity contribution in [3.8, 4) is 0 Å². The van der Waals surface area contributed by atoms with E-state index in [1.807, 2.05) is 12.1 Å². The molecule has 1 aromatic heterocycles. The monoisotopic (exact) mass is 349 g/mol. The van der Waals surface area contributed by atoms with E-state index in [4.69, 9.17) is 23.2 Å². The summed E-state index contributed by atoms with van der Waals surface area (Å²) in [5.41, 5.74) is 2.78. The van der Waals surface area contributed by atoms with Crippen molar-refractivity contribution in [2.75, 3.05) is 5.32 Å². The predicted octanol–water partition coefficient (Wildman–Crippen LogP) is 4.65. The van der Waals surface area contributed by atoms with Crippen LogP contribution in [0.1, 0.15) is 5.56 Å². The fraction of sp³-hybridized carbons (Fsp3) is 0. The van der Waals surface area contributed by atoms with Gasteiger partial charge in [-0.1, -0.05) is 35.3 Å². The summed E-state index contributed by atoms with van der Waals surface area (Å²) < 4.78 is 8.30. The molecule has 0 saturated heterocycles. The van der Waals surface area contributed by atoms with Crippen LogP contribution in [0, 0.1) is 0 Å². The van der Waals surface area contributed by atoms with Gasteiger partial charge in [0.1, 0.15) is 11.0 Å². The lowest BCUT2D eigenvalue weighted by atomic mass is 10.2. The Hall–Kier alpha value is -1.95. The van der Waals surface area contributed by atoms with Crippen LogP contribution in [0.4, 0.5) is 5.69 Å². The van der Waals surface area contributed by atoms with Gasteiger partial charge in [0.2, 0.25) is 5.91 Å². The van der Waals surface area contributed by atoms with Gasteiger partial charge in [0.15, 0.2) is 0 Å². The predicted molar refractivity (Wildman–Crippen MR) is 91.5 cm³/mol. The summed E-state index contributed by atoms with van der Waals surface area (Å²) in [5.74, 6) is -0.272. The van der Waals surface area contributed by atoms with Crippen molar-refractivity contribution in [2.24, 2.45) is 0 Å². The van der Waals surface area contributed by atoms with Crippen LogP contribution in [0.15, 0.2) is 42.5 Å². The molecule has 0 fully saturated rings. The normalized spacial score (nSPS) is 11.2. The molecule has 0 atom stereocenters. The highest BCUT2D eigenvalue weighted by atomic mass is 35.5. The molecule has 22 heavy (non-hydrogen) atoms. The van der Waals surface area contributed by atoms with Crippen molar-refractivity contribution in [1.29, 1.82) is 0 Å². The first-order valence-electron chi connectivity index (χ1n) is 6.29. The molecule has 2 aromatic carbocycles. The zero-order valence-electron chi connectivity index (χ0n) is 11.1. The molecule has 0 unspecified atom stereocenters. The number of nitrogens with one attached hydrogen (secondary N) is 1. The first-order chi connectivity index (χ1) is 10.6. The van der Waals surface area contributed by atoms with Gasteiger partial charge in [0, 0.05) is 16.1 Å². The van der Waals surface area contributed by atoms with E-state index < -0.39 is 0 Å². The van der Waals surface area contributed by atoms with Crippen LogP contribution in [0.3, 0.4) is 0 Å². The van der Waals surface area contributed by atoms with Gasteiger partial charge >= 0.3 is 0 Å². The number of hydrogen-bond acceptors (Lipinski definition) is 4. The van der Waals surface area contributed by atoms with Crippen molar-refractivity contribution >= 4 is 63.6 Å². The second-order valence-electron chi connectivity index (χ2n) is 4.43. The zero-order chi connectivity index (χ0) is 15.5. The highest BCUT2D eigenvalue weighted by molar-refractivity contribution is 7.00. The molecule has 1 N–H and O–H groups in total. The summed E-state index contributed by atoms with van der Waals surface area (Å²) in [7, 11) is 0. The van der Waals surface area contributed by atoms with Crippen LogP contribution < -0.4 is 5.32 Å². The number of rotatable bonds is 3. The minimum absolute atomic E-state index is 0.272. The SMILES string of the molecule is O=C(/C=C/c1ccc(Cl)cc1Cl)Nc1cccc2nsnc12. The van der Waals surface area contributed by atoms with Gasteiger partial charge in [0.25, 0.3) is 0 Å². The lowest BCUT2D eigenvalue weighted by molar-refractivity contribution is -0.111. The van der Waals surface area contributed by atoms with E-state index in [0.29, 0.717) is 21.2 Å². The van der Waals surface area contributed by atoms with Crippen LogP contribution in [-0.2, 0) is 4.79 Å². The molecule has 4 nitrogen and oxygen atoms in total. The number of nitrogens with zero attached hydrogens (tertiary/aromatic N) is 2. The highest BCUT2D eigenvalue weighted by Gasteiger charge is 2.06. The molecular formula is C15H9Cl2N3OS. The Balaban J connectivity index is 1.77. The standard InChI is InChI=1S/C15H9Cl2N3OS/c16-10-6-4-9(11(17)8-10)5-7-14(21)18-12-2-1-3-13-15(12)20-22-19-13/h1-8H,(H,18,21)/b7-5+. The van der Waals surface area contributed by atoms with E-state index in [1.54, 1.807) is 30.3 Å². The van der Waals surface area contributed by atoms with E-state index >= 15 is 0 Å². The topological polar surface area (TPSA) is 54.9 Å². The average molecular weight is 350 g/mol. The maximum Gasteiger partial charge on any atom is 0.248 e. The van der Waals surface area contributed by atoms with Crippen molar-refractivity contribution in [2.45, 2.75) is 0 Å². The van der Waals surface area contributed by atoms with Crippen LogP contribution in [0.25, 0.3) is 17.1 Å². The first kappa shape index (κ1) is 15.0. The zero-order valence-corrected chi connectivity index (χ0v) is 13.4. The summed E-state index contributed by atoms with van der Waals surface area (Å²) in [5, 5.41) is 3.82. The molecule has 0 aliphatic carbocycles. The molecule has 110 valence electrons. The Kier molecular flexibility index (Phi) is 4.38. The summed E-state index contributed by atoms with van der Waals surface area (Å²) in [6.45, 7) is 0. The average Bonchev–Trinajstić information content (AvgIpc) is 2.96. The van der Waals surface area contributed by atoms with Crippen molar-refractivity contribution in [3.05, 3.63) is 58.1 Å². The fourth-order valence-corrected chi connectivity index (χ4v) is 2.90. The third-order valence-corrected chi connectivity index (χ3v) is 4.03. The molecule has 7 heteroatoms. The van der Waals surface area contributed by atoms with Gasteiger partial charge < -0.3 is 5.32 Å². The minimum Gasteiger partial charge on any atom is -0.321 e. The Morgan fingerprint density at radius 1 is 1.18 bits per heavy atom. The van der Waals surface area contributed by atoms with Gasteiger partial charge in [-0.05, 0) is 35.9 Å². The molecule has 0 spiro atoms. The van der Waals surface area contributed by atoms with Crippen molar-refractivity contribution in [1.82, 2.24) is 8.75 Å². The summed E-state index contributed by atoms with van der Waals surface area (Å²) in [6, 6.07) is 10.5. The number of benzene rings is 2. The molecule has 0 aliphatic heterocycles. The number of carbonyl (C=O) groups excluding carboxylic acids is 1. The number of hydrogen-bond donors (Lipinski definition) is 1. The second kappa shape index (κ2) is 6.44. The van der Waals surface area contributed by atoms with E-state index in [2.05, 4.69) is 14.1 Å². The van der Waals surface area contributed by atoms with Gasteiger partial charge in [-0.3, -0.25) is 4.79 Å². The van der Waals surface area contributed by atoms with E-state index in [0.717, 1.165) is 22.8 Å². The lowest BCUT2D eigenvalue weighted by Gasteiger charge is -2.02. The summed E-state index contributed by atoms with van der Waals surface area (Å²) >= 11 is 13.0. The molecule has 3 rings (SSSR count). The van der Waals surface area contributed by atoms with E-state index in [9.17, 15) is 4.79 Å². The molecule has 0 saturated carbocycles. The third-order valence-electron chi connectivity index (χ3n) is 2.92. The van der Waals surface area contributed by atoms with Crippen LogP contribution in [-0.4, -0.2) is 14.7 Å². The van der Waals surface area contributed by atoms with Crippen molar-refractivity contribution in [3.63, 3.8) is 0 Å². The van der Waals surface area contributed by atoms with Crippen molar-refractivity contribution < 1.29 is 4.79 Å². The summed E-state index contributed by atoms with van der Waals surface area (Å²) in [4.78, 5) is 12.0. The Morgan fingerprint density at radius 3 is 2.86 bits per heavy atom. The number of aromatic nitrogens is 2. The highest BCUT2D eigenvalue weighted by Crippen LogP contribution is 2.23. The maximum atomic E-state index is 12.0. The second-order valence-corrected chi connectivity index (χ2v) is 5.80. The molecule has 0 bridgehead atoms. The molecule has 3 aromatic rings. The Bertz CT molecular complexity index is 876. The molecular weight excluding hydrogens is 341 g/mol. The largest absolute Gasteiger partial charge is 0.321 e. The Labute approximate surface area is 140 Å². The lowest BCUT2D eigenvalue weighted by Crippen LogP contribution is -2.08. The molecule has 1 heterocycles. The van der Waals surface area contributed by atoms with E-state index in [1.165, 1.54) is 6.08 Å². The minimum atomic E-state index is -0.272. The fourth-order valence-electron chi connectivity index (χ4n) is 1.88. The van der Waals surface area contributed by atoms with Crippen LogP contribution >= 0.6 is 34.9 Å². The van der Waals surface area contributed by atoms with Crippen LogP contribution in [0.2, 0.25) is 10.0 Å². The van der Waals surface area contributed by atoms with Crippen LogP contribution in [0.5, 0.6) is 0 Å². The summed E-state index contributed by atoms with van der Waals surface area (Å²) in [6.07, 6.45) is 3.04. The number of amides is 1. The Morgan fingerprint density at radius 2 is 2.05 bits per heavy atom. The quantitative estimate of drug-likeness (QED) is 0.700.